The van der Waals surface area contributed by atoms with E-state index in [4.69, 9.17) is 9.47 Å². The number of carbonyl (C=O) groups is 1. The summed E-state index contributed by atoms with van der Waals surface area (Å²) >= 11 is 0. The fourth-order valence-electron chi connectivity index (χ4n) is 1.89. The smallest absolute Gasteiger partial charge is 0.260 e. The van der Waals surface area contributed by atoms with E-state index in [1.54, 1.807) is 4.90 Å². The van der Waals surface area contributed by atoms with E-state index in [0.717, 1.165) is 11.3 Å². The van der Waals surface area contributed by atoms with Crippen molar-refractivity contribution < 1.29 is 14.3 Å². The zero-order valence-electron chi connectivity index (χ0n) is 10.4. The first-order valence-electron chi connectivity index (χ1n) is 6.16. The third-order valence-electron chi connectivity index (χ3n) is 2.96. The molecule has 1 saturated heterocycles. The molecule has 0 spiro atoms. The number of rotatable bonds is 4. The van der Waals surface area contributed by atoms with Crippen LogP contribution in [0.1, 0.15) is 5.56 Å². The number of para-hydroxylation sites is 1. The van der Waals surface area contributed by atoms with E-state index in [9.17, 15) is 4.79 Å². The highest BCUT2D eigenvalue weighted by molar-refractivity contribution is 5.77. The summed E-state index contributed by atoms with van der Waals surface area (Å²) in [6, 6.07) is 7.67. The van der Waals surface area contributed by atoms with E-state index in [1.165, 1.54) is 0 Å². The molecule has 1 aliphatic rings. The summed E-state index contributed by atoms with van der Waals surface area (Å²) in [4.78, 5) is 13.7. The fraction of sp³-hybridized carbons (Fsp3) is 0.429. The Morgan fingerprint density at radius 3 is 2.78 bits per heavy atom. The second kappa shape index (κ2) is 6.40. The Hall–Kier alpha value is -1.55. The van der Waals surface area contributed by atoms with Gasteiger partial charge in [0.1, 0.15) is 5.75 Å². The Balaban J connectivity index is 1.88. The Kier molecular flexibility index (Phi) is 4.59. The van der Waals surface area contributed by atoms with Crippen LogP contribution in [-0.2, 0) is 16.0 Å². The van der Waals surface area contributed by atoms with Crippen molar-refractivity contribution in [3.8, 4) is 5.75 Å². The quantitative estimate of drug-likeness (QED) is 0.806. The summed E-state index contributed by atoms with van der Waals surface area (Å²) in [6.45, 7) is 6.45. The molecule has 97 valence electrons. The van der Waals surface area contributed by atoms with Crippen LogP contribution in [0.15, 0.2) is 24.3 Å². The van der Waals surface area contributed by atoms with Crippen molar-refractivity contribution in [1.29, 1.82) is 0 Å². The van der Waals surface area contributed by atoms with Gasteiger partial charge in [0.05, 0.1) is 13.2 Å². The first kappa shape index (κ1) is 12.9. The number of nitrogens with zero attached hydrogens (tertiary/aromatic N) is 1. The fourth-order valence-corrected chi connectivity index (χ4v) is 1.89. The van der Waals surface area contributed by atoms with Gasteiger partial charge >= 0.3 is 0 Å². The van der Waals surface area contributed by atoms with Gasteiger partial charge in [-0.3, -0.25) is 4.79 Å². The summed E-state index contributed by atoms with van der Waals surface area (Å²) in [5, 5.41) is 0. The van der Waals surface area contributed by atoms with Gasteiger partial charge in [0, 0.05) is 13.1 Å². The molecule has 1 aromatic carbocycles. The lowest BCUT2D eigenvalue weighted by Crippen LogP contribution is -2.43. The minimum Gasteiger partial charge on any atom is -0.483 e. The molecule has 18 heavy (non-hydrogen) atoms. The molecule has 4 heteroatoms. The van der Waals surface area contributed by atoms with Crippen LogP contribution in [0.2, 0.25) is 0 Å². The minimum atomic E-state index is 0.0113. The summed E-state index contributed by atoms with van der Waals surface area (Å²) in [7, 11) is 0. The van der Waals surface area contributed by atoms with Crippen LogP contribution >= 0.6 is 0 Å². The SMILES string of the molecule is [CH2]Cc1ccccc1OCC(=O)N1CCOCC1. The second-order valence-electron chi connectivity index (χ2n) is 4.14. The number of benzene rings is 1. The Labute approximate surface area is 107 Å². The summed E-state index contributed by atoms with van der Waals surface area (Å²) in [5.41, 5.74) is 1.02. The number of amides is 1. The Morgan fingerprint density at radius 1 is 1.33 bits per heavy atom. The molecular weight excluding hydrogens is 230 g/mol. The zero-order chi connectivity index (χ0) is 12.8. The maximum absolute atomic E-state index is 11.9. The van der Waals surface area contributed by atoms with Crippen LogP contribution in [0, 0.1) is 6.92 Å². The molecular formula is C14H18NO3. The standard InChI is InChI=1S/C14H18NO3/c1-2-12-5-3-4-6-13(12)18-11-14(16)15-7-9-17-10-8-15/h3-6H,1-2,7-11H2. The van der Waals surface area contributed by atoms with Crippen molar-refractivity contribution in [3.05, 3.63) is 36.8 Å². The number of ether oxygens (including phenoxy) is 2. The van der Waals surface area contributed by atoms with Gasteiger partial charge in [-0.15, -0.1) is 0 Å². The topological polar surface area (TPSA) is 38.8 Å². The molecule has 0 aromatic heterocycles. The van der Waals surface area contributed by atoms with E-state index in [2.05, 4.69) is 6.92 Å². The molecule has 0 unspecified atom stereocenters. The van der Waals surface area contributed by atoms with Gasteiger partial charge in [-0.25, -0.2) is 0 Å². The number of carbonyl (C=O) groups excluding carboxylic acids is 1. The lowest BCUT2D eigenvalue weighted by Gasteiger charge is -2.26. The minimum absolute atomic E-state index is 0.0113. The van der Waals surface area contributed by atoms with Gasteiger partial charge in [-0.1, -0.05) is 18.2 Å². The molecule has 1 aliphatic heterocycles. The predicted octanol–water partition coefficient (Wildman–Crippen LogP) is 1.30. The molecule has 0 N–H and O–H groups in total. The highest BCUT2D eigenvalue weighted by atomic mass is 16.5. The van der Waals surface area contributed by atoms with Crippen LogP contribution < -0.4 is 4.74 Å². The van der Waals surface area contributed by atoms with Crippen LogP contribution in [-0.4, -0.2) is 43.7 Å². The number of hydrogen-bond acceptors (Lipinski definition) is 3. The van der Waals surface area contributed by atoms with Crippen molar-refractivity contribution in [2.24, 2.45) is 0 Å². The zero-order valence-corrected chi connectivity index (χ0v) is 10.4. The summed E-state index contributed by atoms with van der Waals surface area (Å²) < 4.78 is 10.8. The second-order valence-corrected chi connectivity index (χ2v) is 4.14. The van der Waals surface area contributed by atoms with Gasteiger partial charge < -0.3 is 14.4 Å². The maximum atomic E-state index is 11.9. The lowest BCUT2D eigenvalue weighted by molar-refractivity contribution is -0.137. The Morgan fingerprint density at radius 2 is 2.06 bits per heavy atom. The first-order valence-corrected chi connectivity index (χ1v) is 6.16. The van der Waals surface area contributed by atoms with E-state index in [-0.39, 0.29) is 12.5 Å². The average Bonchev–Trinajstić information content (AvgIpc) is 2.46. The number of hydrogen-bond donors (Lipinski definition) is 0. The van der Waals surface area contributed by atoms with Gasteiger partial charge in [0.2, 0.25) is 0 Å². The van der Waals surface area contributed by atoms with Crippen LogP contribution in [0.3, 0.4) is 0 Å². The van der Waals surface area contributed by atoms with Crippen LogP contribution in [0.5, 0.6) is 5.75 Å². The molecule has 0 bridgehead atoms. The van der Waals surface area contributed by atoms with Crippen molar-refractivity contribution >= 4 is 5.91 Å². The highest BCUT2D eigenvalue weighted by Gasteiger charge is 2.17. The van der Waals surface area contributed by atoms with E-state index in [1.807, 2.05) is 24.3 Å². The van der Waals surface area contributed by atoms with Crippen molar-refractivity contribution in [2.75, 3.05) is 32.9 Å². The van der Waals surface area contributed by atoms with Crippen molar-refractivity contribution in [2.45, 2.75) is 6.42 Å². The molecule has 1 heterocycles. The van der Waals surface area contributed by atoms with Gasteiger partial charge in [0.15, 0.2) is 6.61 Å². The highest BCUT2D eigenvalue weighted by Crippen LogP contribution is 2.18. The molecule has 0 aliphatic carbocycles. The van der Waals surface area contributed by atoms with Gasteiger partial charge in [-0.2, -0.15) is 0 Å². The number of morpholine rings is 1. The molecule has 2 rings (SSSR count). The average molecular weight is 248 g/mol. The largest absolute Gasteiger partial charge is 0.483 e. The molecule has 1 aromatic rings. The molecule has 1 amide bonds. The van der Waals surface area contributed by atoms with Crippen LogP contribution in [0.25, 0.3) is 0 Å². The van der Waals surface area contributed by atoms with Crippen LogP contribution in [0.4, 0.5) is 0 Å². The molecule has 1 fully saturated rings. The Bertz CT molecular complexity index is 400. The molecule has 1 radical (unpaired) electrons. The predicted molar refractivity (Wildman–Crippen MR) is 68.4 cm³/mol. The summed E-state index contributed by atoms with van der Waals surface area (Å²) in [5.74, 6) is 0.756. The maximum Gasteiger partial charge on any atom is 0.260 e. The van der Waals surface area contributed by atoms with Crippen molar-refractivity contribution in [3.63, 3.8) is 0 Å². The monoisotopic (exact) mass is 248 g/mol. The third-order valence-corrected chi connectivity index (χ3v) is 2.96. The summed E-state index contributed by atoms with van der Waals surface area (Å²) in [6.07, 6.45) is 0.655. The van der Waals surface area contributed by atoms with Crippen molar-refractivity contribution in [1.82, 2.24) is 4.90 Å². The van der Waals surface area contributed by atoms with Gasteiger partial charge in [-0.05, 0) is 25.0 Å². The first-order chi connectivity index (χ1) is 8.81. The van der Waals surface area contributed by atoms with E-state index in [0.29, 0.717) is 32.7 Å². The molecule has 0 saturated carbocycles. The third kappa shape index (κ3) is 3.23. The lowest BCUT2D eigenvalue weighted by atomic mass is 10.1. The van der Waals surface area contributed by atoms with E-state index >= 15 is 0 Å². The van der Waals surface area contributed by atoms with E-state index < -0.39 is 0 Å². The molecule has 4 nitrogen and oxygen atoms in total. The molecule has 0 atom stereocenters. The van der Waals surface area contributed by atoms with Gasteiger partial charge in [0.25, 0.3) is 5.91 Å². The normalized spacial score (nSPS) is 15.5.